The van der Waals surface area contributed by atoms with Crippen LogP contribution in [-0.2, 0) is 4.79 Å². The number of rotatable bonds is 4. The molecule has 122 valence electrons. The van der Waals surface area contributed by atoms with E-state index in [9.17, 15) is 9.59 Å². The molecular formula is C14H27ClN4O2. The summed E-state index contributed by atoms with van der Waals surface area (Å²) in [6, 6.07) is -0.438. The van der Waals surface area contributed by atoms with Crippen molar-refractivity contribution in [1.82, 2.24) is 10.2 Å². The molecule has 1 saturated carbocycles. The predicted octanol–water partition coefficient (Wildman–Crippen LogP) is 0.833. The van der Waals surface area contributed by atoms with Crippen LogP contribution in [0.2, 0.25) is 0 Å². The molecule has 1 aliphatic heterocycles. The van der Waals surface area contributed by atoms with Crippen molar-refractivity contribution in [2.24, 2.45) is 23.3 Å². The summed E-state index contributed by atoms with van der Waals surface area (Å²) in [5.41, 5.74) is 10.9. The summed E-state index contributed by atoms with van der Waals surface area (Å²) >= 11 is 0. The van der Waals surface area contributed by atoms with Crippen molar-refractivity contribution in [3.05, 3.63) is 0 Å². The van der Waals surface area contributed by atoms with Crippen molar-refractivity contribution in [3.63, 3.8) is 0 Å². The van der Waals surface area contributed by atoms with Gasteiger partial charge in [0.2, 0.25) is 5.91 Å². The van der Waals surface area contributed by atoms with E-state index in [4.69, 9.17) is 11.5 Å². The van der Waals surface area contributed by atoms with Gasteiger partial charge in [0, 0.05) is 25.0 Å². The molecule has 2 fully saturated rings. The van der Waals surface area contributed by atoms with Crippen LogP contribution in [0.15, 0.2) is 0 Å². The SMILES string of the molecule is Cl.NC[C@H]1CCC[C@H]1C(=O)N1CCCCC1CNC(N)=O. The number of urea groups is 1. The molecule has 2 aliphatic rings. The maximum atomic E-state index is 12.8. The molecule has 5 N–H and O–H groups in total. The van der Waals surface area contributed by atoms with Crippen molar-refractivity contribution in [3.8, 4) is 0 Å². The lowest BCUT2D eigenvalue weighted by Crippen LogP contribution is -2.52. The Kier molecular flexibility index (Phi) is 7.25. The molecular weight excluding hydrogens is 292 g/mol. The fourth-order valence-electron chi connectivity index (χ4n) is 3.58. The maximum Gasteiger partial charge on any atom is 0.312 e. The second kappa shape index (κ2) is 8.44. The maximum absolute atomic E-state index is 12.8. The van der Waals surface area contributed by atoms with Crippen molar-refractivity contribution in [1.29, 1.82) is 0 Å². The highest BCUT2D eigenvalue weighted by Crippen LogP contribution is 2.33. The average Bonchev–Trinajstić information content (AvgIpc) is 2.93. The van der Waals surface area contributed by atoms with Crippen LogP contribution in [0.1, 0.15) is 38.5 Å². The molecule has 1 heterocycles. The van der Waals surface area contributed by atoms with Gasteiger partial charge in [0.15, 0.2) is 0 Å². The Hall–Kier alpha value is -1.01. The molecule has 1 aliphatic carbocycles. The number of hydrogen-bond donors (Lipinski definition) is 3. The number of halogens is 1. The minimum absolute atomic E-state index is 0. The molecule has 6 nitrogen and oxygen atoms in total. The van der Waals surface area contributed by atoms with Gasteiger partial charge in [0.1, 0.15) is 0 Å². The van der Waals surface area contributed by atoms with E-state index in [1.165, 1.54) is 0 Å². The van der Waals surface area contributed by atoms with E-state index in [-0.39, 0.29) is 30.3 Å². The lowest BCUT2D eigenvalue weighted by Gasteiger charge is -2.38. The Morgan fingerprint density at radius 1 is 1.14 bits per heavy atom. The number of nitrogens with one attached hydrogen (secondary N) is 1. The first-order chi connectivity index (χ1) is 9.63. The summed E-state index contributed by atoms with van der Waals surface area (Å²) in [5.74, 6) is 0.636. The van der Waals surface area contributed by atoms with E-state index in [0.29, 0.717) is 19.0 Å². The average molecular weight is 319 g/mol. The third-order valence-corrected chi connectivity index (χ3v) is 4.70. The quantitative estimate of drug-likeness (QED) is 0.715. The van der Waals surface area contributed by atoms with Gasteiger partial charge in [-0.3, -0.25) is 4.79 Å². The number of likely N-dealkylation sites (tertiary alicyclic amines) is 1. The van der Waals surface area contributed by atoms with Gasteiger partial charge in [-0.15, -0.1) is 12.4 Å². The van der Waals surface area contributed by atoms with Gasteiger partial charge in [0.25, 0.3) is 0 Å². The normalized spacial score (nSPS) is 28.8. The van der Waals surface area contributed by atoms with Gasteiger partial charge in [-0.2, -0.15) is 0 Å². The first kappa shape index (κ1) is 18.0. The van der Waals surface area contributed by atoms with Crippen LogP contribution >= 0.6 is 12.4 Å². The number of nitrogens with zero attached hydrogens (tertiary/aromatic N) is 1. The molecule has 7 heteroatoms. The van der Waals surface area contributed by atoms with Crippen LogP contribution in [0.25, 0.3) is 0 Å². The molecule has 0 aromatic heterocycles. The van der Waals surface area contributed by atoms with Crippen molar-refractivity contribution in [2.75, 3.05) is 19.6 Å². The third kappa shape index (κ3) is 4.48. The molecule has 0 spiro atoms. The Bertz CT molecular complexity index is 367. The number of carbonyl (C=O) groups is 2. The van der Waals surface area contributed by atoms with Crippen LogP contribution in [-0.4, -0.2) is 42.5 Å². The number of piperidine rings is 1. The predicted molar refractivity (Wildman–Crippen MR) is 84.1 cm³/mol. The Balaban J connectivity index is 0.00000220. The molecule has 3 atom stereocenters. The molecule has 1 saturated heterocycles. The number of hydrogen-bond acceptors (Lipinski definition) is 3. The van der Waals surface area contributed by atoms with Gasteiger partial charge in [0.05, 0.1) is 0 Å². The van der Waals surface area contributed by atoms with Crippen LogP contribution < -0.4 is 16.8 Å². The smallest absolute Gasteiger partial charge is 0.312 e. The van der Waals surface area contributed by atoms with Gasteiger partial charge in [-0.1, -0.05) is 6.42 Å². The minimum Gasteiger partial charge on any atom is -0.352 e. The lowest BCUT2D eigenvalue weighted by molar-refractivity contribution is -0.140. The van der Waals surface area contributed by atoms with E-state index in [1.807, 2.05) is 4.90 Å². The largest absolute Gasteiger partial charge is 0.352 e. The molecule has 0 aromatic rings. The number of amides is 3. The molecule has 1 unspecified atom stereocenters. The Morgan fingerprint density at radius 2 is 1.90 bits per heavy atom. The molecule has 0 radical (unpaired) electrons. The Morgan fingerprint density at radius 3 is 2.57 bits per heavy atom. The summed E-state index contributed by atoms with van der Waals surface area (Å²) in [5, 5.41) is 2.64. The van der Waals surface area contributed by atoms with Crippen LogP contribution in [0.5, 0.6) is 0 Å². The van der Waals surface area contributed by atoms with Crippen molar-refractivity contribution >= 4 is 24.3 Å². The zero-order chi connectivity index (χ0) is 14.5. The molecule has 0 bridgehead atoms. The second-order valence-electron chi connectivity index (χ2n) is 5.96. The highest BCUT2D eigenvalue weighted by atomic mass is 35.5. The zero-order valence-electron chi connectivity index (χ0n) is 12.4. The number of carbonyl (C=O) groups excluding carboxylic acids is 2. The summed E-state index contributed by atoms with van der Waals surface area (Å²) in [6.45, 7) is 1.84. The van der Waals surface area contributed by atoms with Gasteiger partial charge < -0.3 is 21.7 Å². The van der Waals surface area contributed by atoms with Crippen LogP contribution in [0.4, 0.5) is 4.79 Å². The summed E-state index contributed by atoms with van der Waals surface area (Å²) in [6.07, 6.45) is 6.18. The third-order valence-electron chi connectivity index (χ3n) is 4.70. The van der Waals surface area contributed by atoms with Gasteiger partial charge >= 0.3 is 6.03 Å². The van der Waals surface area contributed by atoms with Gasteiger partial charge in [-0.25, -0.2) is 4.79 Å². The summed E-state index contributed by atoms with van der Waals surface area (Å²) in [7, 11) is 0. The lowest BCUT2D eigenvalue weighted by atomic mass is 9.92. The van der Waals surface area contributed by atoms with Crippen LogP contribution in [0, 0.1) is 11.8 Å². The monoisotopic (exact) mass is 318 g/mol. The standard InChI is InChI=1S/C14H26N4O2.ClH/c15-8-10-4-3-6-12(10)13(19)18-7-2-1-5-11(18)9-17-14(16)20;/h10-12H,1-9,15H2,(H3,16,17,20);1H/t10-,11?,12-;/m1./s1. The van der Waals surface area contributed by atoms with Crippen molar-refractivity contribution in [2.45, 2.75) is 44.6 Å². The second-order valence-corrected chi connectivity index (χ2v) is 5.96. The topological polar surface area (TPSA) is 101 Å². The molecule has 21 heavy (non-hydrogen) atoms. The molecule has 2 rings (SSSR count). The van der Waals surface area contributed by atoms with E-state index >= 15 is 0 Å². The zero-order valence-corrected chi connectivity index (χ0v) is 13.2. The van der Waals surface area contributed by atoms with E-state index < -0.39 is 6.03 Å². The molecule has 3 amide bonds. The van der Waals surface area contributed by atoms with Gasteiger partial charge in [-0.05, 0) is 44.6 Å². The number of primary amides is 1. The highest BCUT2D eigenvalue weighted by Gasteiger charge is 2.37. The van der Waals surface area contributed by atoms with Crippen LogP contribution in [0.3, 0.4) is 0 Å². The van der Waals surface area contributed by atoms with Crippen molar-refractivity contribution < 1.29 is 9.59 Å². The minimum atomic E-state index is -0.524. The Labute approximate surface area is 132 Å². The highest BCUT2D eigenvalue weighted by molar-refractivity contribution is 5.85. The molecule has 0 aromatic carbocycles. The van der Waals surface area contributed by atoms with E-state index in [2.05, 4.69) is 5.32 Å². The fraction of sp³-hybridized carbons (Fsp3) is 0.857. The summed E-state index contributed by atoms with van der Waals surface area (Å²) in [4.78, 5) is 25.6. The number of nitrogens with two attached hydrogens (primary N) is 2. The first-order valence-corrected chi connectivity index (χ1v) is 7.67. The fourth-order valence-corrected chi connectivity index (χ4v) is 3.58. The summed E-state index contributed by atoms with van der Waals surface area (Å²) < 4.78 is 0. The van der Waals surface area contributed by atoms with E-state index in [1.54, 1.807) is 0 Å². The van der Waals surface area contributed by atoms with E-state index in [0.717, 1.165) is 45.1 Å². The first-order valence-electron chi connectivity index (χ1n) is 7.67.